The van der Waals surface area contributed by atoms with Crippen molar-refractivity contribution in [3.8, 4) is 11.4 Å². The third-order valence-electron chi connectivity index (χ3n) is 4.87. The van der Waals surface area contributed by atoms with E-state index in [4.69, 9.17) is 4.74 Å². The lowest BCUT2D eigenvalue weighted by molar-refractivity contribution is 0.102. The van der Waals surface area contributed by atoms with Gasteiger partial charge in [-0.1, -0.05) is 0 Å². The highest BCUT2D eigenvalue weighted by Gasteiger charge is 2.22. The average Bonchev–Trinajstić information content (AvgIpc) is 3.36. The number of rotatable bonds is 5. The van der Waals surface area contributed by atoms with Gasteiger partial charge >= 0.3 is 0 Å². The van der Waals surface area contributed by atoms with E-state index in [2.05, 4.69) is 25.8 Å². The lowest BCUT2D eigenvalue weighted by atomic mass is 9.98. The van der Waals surface area contributed by atoms with Crippen molar-refractivity contribution in [1.82, 2.24) is 29.9 Å². The largest absolute Gasteiger partial charge is 0.497 e. The maximum absolute atomic E-state index is 12.6. The molecule has 9 nitrogen and oxygen atoms in total. The Kier molecular flexibility index (Phi) is 6.50. The molecule has 10 heteroatoms. The number of nitrogens with one attached hydrogen (secondary N) is 2. The maximum atomic E-state index is 12.6. The fourth-order valence-electron chi connectivity index (χ4n) is 3.26. The van der Waals surface area contributed by atoms with Crippen LogP contribution in [0, 0.1) is 0 Å². The van der Waals surface area contributed by atoms with Gasteiger partial charge in [0.05, 0.1) is 12.8 Å². The van der Waals surface area contributed by atoms with E-state index in [0.717, 1.165) is 43.2 Å². The quantitative estimate of drug-likeness (QED) is 0.660. The number of hydrogen-bond donors (Lipinski definition) is 2. The Labute approximate surface area is 174 Å². The lowest BCUT2D eigenvalue weighted by Gasteiger charge is -2.19. The van der Waals surface area contributed by atoms with Crippen molar-refractivity contribution in [1.29, 1.82) is 0 Å². The van der Waals surface area contributed by atoms with E-state index in [0.29, 0.717) is 17.6 Å². The van der Waals surface area contributed by atoms with Crippen molar-refractivity contribution in [2.24, 2.45) is 7.05 Å². The lowest BCUT2D eigenvalue weighted by Crippen LogP contribution is -2.27. The third-order valence-corrected chi connectivity index (χ3v) is 4.87. The van der Waals surface area contributed by atoms with Gasteiger partial charge in [0, 0.05) is 19.2 Å². The first-order chi connectivity index (χ1) is 13.6. The van der Waals surface area contributed by atoms with Gasteiger partial charge in [0.25, 0.3) is 5.91 Å². The molecule has 0 radical (unpaired) electrons. The van der Waals surface area contributed by atoms with Crippen molar-refractivity contribution in [2.45, 2.75) is 18.8 Å². The number of aromatic nitrogens is 5. The average molecular weight is 418 g/mol. The van der Waals surface area contributed by atoms with Crippen LogP contribution in [0.25, 0.3) is 5.69 Å². The highest BCUT2D eigenvalue weighted by atomic mass is 35.5. The molecular formula is C19H24ClN7O2. The smallest absolute Gasteiger partial charge is 0.278 e. The van der Waals surface area contributed by atoms with Gasteiger partial charge in [0.15, 0.2) is 11.5 Å². The van der Waals surface area contributed by atoms with Crippen molar-refractivity contribution < 1.29 is 9.53 Å². The molecule has 2 N–H and O–H groups in total. The second kappa shape index (κ2) is 9.06. The SMILES string of the molecule is COc1ccc(-n2ccc(C(=O)Nc3nc(C4CCNCC4)nn3C)n2)cc1.Cl. The van der Waals surface area contributed by atoms with E-state index in [1.165, 1.54) is 0 Å². The summed E-state index contributed by atoms with van der Waals surface area (Å²) >= 11 is 0. The monoisotopic (exact) mass is 417 g/mol. The number of amides is 1. The van der Waals surface area contributed by atoms with Gasteiger partial charge in [-0.25, -0.2) is 9.36 Å². The van der Waals surface area contributed by atoms with Gasteiger partial charge < -0.3 is 10.1 Å². The summed E-state index contributed by atoms with van der Waals surface area (Å²) in [6.45, 7) is 1.93. The van der Waals surface area contributed by atoms with Crippen LogP contribution in [-0.2, 0) is 7.05 Å². The molecule has 0 atom stereocenters. The van der Waals surface area contributed by atoms with Crippen LogP contribution in [0.1, 0.15) is 35.1 Å². The number of anilines is 1. The van der Waals surface area contributed by atoms with Gasteiger partial charge in [0.1, 0.15) is 5.75 Å². The predicted octanol–water partition coefficient (Wildman–Crippen LogP) is 2.15. The Morgan fingerprint density at radius 1 is 1.17 bits per heavy atom. The van der Waals surface area contributed by atoms with Gasteiger partial charge in [-0.05, 0) is 56.3 Å². The summed E-state index contributed by atoms with van der Waals surface area (Å²) in [6, 6.07) is 9.11. The summed E-state index contributed by atoms with van der Waals surface area (Å²) in [5.74, 6) is 1.98. The molecule has 1 aliphatic heterocycles. The van der Waals surface area contributed by atoms with Crippen LogP contribution >= 0.6 is 12.4 Å². The summed E-state index contributed by atoms with van der Waals surface area (Å²) in [5.41, 5.74) is 1.15. The second-order valence-corrected chi connectivity index (χ2v) is 6.74. The van der Waals surface area contributed by atoms with E-state index in [1.54, 1.807) is 35.8 Å². The highest BCUT2D eigenvalue weighted by Crippen LogP contribution is 2.23. The van der Waals surface area contributed by atoms with E-state index in [-0.39, 0.29) is 18.3 Å². The Morgan fingerprint density at radius 2 is 1.90 bits per heavy atom. The first kappa shape index (κ1) is 20.8. The number of hydrogen-bond acceptors (Lipinski definition) is 6. The summed E-state index contributed by atoms with van der Waals surface area (Å²) in [7, 11) is 3.40. The zero-order valence-corrected chi connectivity index (χ0v) is 17.1. The van der Waals surface area contributed by atoms with Gasteiger partial charge in [0.2, 0.25) is 5.95 Å². The molecule has 4 rings (SSSR count). The number of nitrogens with zero attached hydrogens (tertiary/aromatic N) is 5. The predicted molar refractivity (Wildman–Crippen MR) is 111 cm³/mol. The number of methoxy groups -OCH3 is 1. The number of carbonyl (C=O) groups excluding carboxylic acids is 1. The van der Waals surface area contributed by atoms with Crippen molar-refractivity contribution in [3.63, 3.8) is 0 Å². The van der Waals surface area contributed by atoms with Crippen molar-refractivity contribution in [3.05, 3.63) is 48.0 Å². The molecule has 29 heavy (non-hydrogen) atoms. The minimum atomic E-state index is -0.320. The number of piperidine rings is 1. The van der Waals surface area contributed by atoms with Gasteiger partial charge in [-0.2, -0.15) is 15.2 Å². The van der Waals surface area contributed by atoms with Crippen LogP contribution in [0.15, 0.2) is 36.5 Å². The number of halogens is 1. The molecule has 1 fully saturated rings. The third kappa shape index (κ3) is 4.57. The maximum Gasteiger partial charge on any atom is 0.278 e. The number of carbonyl (C=O) groups is 1. The van der Waals surface area contributed by atoms with E-state index in [1.807, 2.05) is 24.3 Å². The topological polar surface area (TPSA) is 98.9 Å². The molecule has 154 valence electrons. The summed E-state index contributed by atoms with van der Waals surface area (Å²) in [6.07, 6.45) is 3.75. The van der Waals surface area contributed by atoms with E-state index in [9.17, 15) is 4.79 Å². The minimum absolute atomic E-state index is 0. The molecule has 0 spiro atoms. The standard InChI is InChI=1S/C19H23N7O2.ClH/c1-25-19(21-17(24-25)13-7-10-20-11-8-13)22-18(27)16-9-12-26(23-16)14-3-5-15(28-2)6-4-14;/h3-6,9,12-13,20H,7-8,10-11H2,1-2H3,(H,21,22,24,27);1H. The number of benzene rings is 1. The fraction of sp³-hybridized carbons (Fsp3) is 0.368. The summed E-state index contributed by atoms with van der Waals surface area (Å²) < 4.78 is 8.41. The highest BCUT2D eigenvalue weighted by molar-refractivity contribution is 6.01. The summed E-state index contributed by atoms with van der Waals surface area (Å²) in [5, 5.41) is 15.0. The van der Waals surface area contributed by atoms with Crippen molar-refractivity contribution >= 4 is 24.3 Å². The van der Waals surface area contributed by atoms with Crippen LogP contribution in [0.3, 0.4) is 0 Å². The molecule has 1 amide bonds. The van der Waals surface area contributed by atoms with Crippen LogP contribution < -0.4 is 15.4 Å². The molecule has 0 bridgehead atoms. The Hall–Kier alpha value is -2.91. The Morgan fingerprint density at radius 3 is 2.59 bits per heavy atom. The molecule has 0 saturated carbocycles. The first-order valence-corrected chi connectivity index (χ1v) is 9.27. The molecule has 0 unspecified atom stereocenters. The Balaban J connectivity index is 0.00000240. The van der Waals surface area contributed by atoms with Crippen LogP contribution in [0.2, 0.25) is 0 Å². The second-order valence-electron chi connectivity index (χ2n) is 6.74. The zero-order chi connectivity index (χ0) is 19.5. The van der Waals surface area contributed by atoms with Crippen molar-refractivity contribution in [2.75, 3.05) is 25.5 Å². The van der Waals surface area contributed by atoms with Gasteiger partial charge in [-0.3, -0.25) is 10.1 Å². The molecule has 0 aliphatic carbocycles. The molecule has 3 aromatic rings. The summed E-state index contributed by atoms with van der Waals surface area (Å²) in [4.78, 5) is 17.1. The van der Waals surface area contributed by atoms with Crippen LogP contribution in [-0.4, -0.2) is 50.7 Å². The van der Waals surface area contributed by atoms with E-state index >= 15 is 0 Å². The molecule has 1 saturated heterocycles. The molecule has 3 heterocycles. The normalized spacial score (nSPS) is 14.3. The molecule has 2 aromatic heterocycles. The molecular weight excluding hydrogens is 394 g/mol. The zero-order valence-electron chi connectivity index (χ0n) is 16.3. The number of ether oxygens (including phenoxy) is 1. The minimum Gasteiger partial charge on any atom is -0.497 e. The van der Waals surface area contributed by atoms with Crippen LogP contribution in [0.5, 0.6) is 5.75 Å². The molecule has 1 aliphatic rings. The number of aryl methyl sites for hydroxylation is 1. The fourth-order valence-corrected chi connectivity index (χ4v) is 3.26. The first-order valence-electron chi connectivity index (χ1n) is 9.27. The van der Waals surface area contributed by atoms with E-state index < -0.39 is 0 Å². The van der Waals surface area contributed by atoms with Crippen LogP contribution in [0.4, 0.5) is 5.95 Å². The Bertz CT molecular complexity index is 961. The molecule has 1 aromatic carbocycles. The van der Waals surface area contributed by atoms with Gasteiger partial charge in [-0.15, -0.1) is 12.4 Å².